The Morgan fingerprint density at radius 2 is 2.00 bits per heavy atom. The number of hydrogen-bond donors (Lipinski definition) is 0. The van der Waals surface area contributed by atoms with Crippen molar-refractivity contribution >= 4 is 17.7 Å². The number of carbonyl (C=O) groups excluding carboxylic acids is 2. The van der Waals surface area contributed by atoms with Crippen LogP contribution in [0.15, 0.2) is 48.7 Å². The molecule has 3 rings (SSSR count). The van der Waals surface area contributed by atoms with Crippen LogP contribution in [0.3, 0.4) is 0 Å². The van der Waals surface area contributed by atoms with Gasteiger partial charge in [-0.25, -0.2) is 4.98 Å². The van der Waals surface area contributed by atoms with Crippen molar-refractivity contribution < 1.29 is 14.3 Å². The lowest BCUT2D eigenvalue weighted by molar-refractivity contribution is -0.149. The van der Waals surface area contributed by atoms with E-state index in [1.54, 1.807) is 11.1 Å². The van der Waals surface area contributed by atoms with E-state index in [2.05, 4.69) is 9.88 Å². The second-order valence-corrected chi connectivity index (χ2v) is 7.17. The third-order valence-electron chi connectivity index (χ3n) is 5.23. The van der Waals surface area contributed by atoms with E-state index < -0.39 is 5.97 Å². The summed E-state index contributed by atoms with van der Waals surface area (Å²) >= 11 is 0. The normalized spacial score (nSPS) is 16.5. The fourth-order valence-electron chi connectivity index (χ4n) is 3.61. The van der Waals surface area contributed by atoms with Crippen molar-refractivity contribution in [2.75, 3.05) is 31.6 Å². The second-order valence-electron chi connectivity index (χ2n) is 7.17. The van der Waals surface area contributed by atoms with Gasteiger partial charge in [0.25, 0.3) is 0 Å². The van der Waals surface area contributed by atoms with Gasteiger partial charge in [-0.15, -0.1) is 0 Å². The zero-order chi connectivity index (χ0) is 19.9. The number of pyridine rings is 1. The minimum absolute atomic E-state index is 0.00529. The molecule has 1 fully saturated rings. The van der Waals surface area contributed by atoms with Gasteiger partial charge in [0.05, 0.1) is 13.0 Å². The summed E-state index contributed by atoms with van der Waals surface area (Å²) in [5.41, 5.74) is 2.14. The average molecular weight is 381 g/mol. The van der Waals surface area contributed by atoms with Crippen LogP contribution in [0.1, 0.15) is 24.0 Å². The monoisotopic (exact) mass is 381 g/mol. The SMILES string of the molecule is COC(=O)CN(Cc1ccccc1C)C(=O)C1CCCN(c2ccccn2)C1. The largest absolute Gasteiger partial charge is 0.468 e. The fourth-order valence-corrected chi connectivity index (χ4v) is 3.61. The van der Waals surface area contributed by atoms with Crippen LogP contribution >= 0.6 is 0 Å². The van der Waals surface area contributed by atoms with E-state index in [1.807, 2.05) is 49.4 Å². The number of rotatable bonds is 6. The molecule has 0 N–H and O–H groups in total. The van der Waals surface area contributed by atoms with E-state index in [-0.39, 0.29) is 18.4 Å². The third-order valence-corrected chi connectivity index (χ3v) is 5.23. The van der Waals surface area contributed by atoms with Gasteiger partial charge in [0, 0.05) is 25.8 Å². The molecule has 1 amide bonds. The minimum Gasteiger partial charge on any atom is -0.468 e. The summed E-state index contributed by atoms with van der Waals surface area (Å²) in [7, 11) is 1.35. The van der Waals surface area contributed by atoms with Gasteiger partial charge in [0.2, 0.25) is 5.91 Å². The van der Waals surface area contributed by atoms with Crippen LogP contribution in [-0.2, 0) is 20.9 Å². The standard InChI is InChI=1S/C22H27N3O3/c1-17-8-3-4-9-18(17)14-25(16-21(26)28-2)22(27)19-10-7-13-24(15-19)20-11-5-6-12-23-20/h3-6,8-9,11-12,19H,7,10,13-16H2,1-2H3. The summed E-state index contributed by atoms with van der Waals surface area (Å²) < 4.78 is 4.82. The molecular weight excluding hydrogens is 354 g/mol. The third kappa shape index (κ3) is 4.88. The molecule has 0 aliphatic carbocycles. The van der Waals surface area contributed by atoms with Crippen LogP contribution in [0.4, 0.5) is 5.82 Å². The number of amides is 1. The van der Waals surface area contributed by atoms with E-state index >= 15 is 0 Å². The predicted molar refractivity (Wildman–Crippen MR) is 108 cm³/mol. The summed E-state index contributed by atoms with van der Waals surface area (Å²) in [4.78, 5) is 33.4. The number of aryl methyl sites for hydroxylation is 1. The van der Waals surface area contributed by atoms with Crippen molar-refractivity contribution in [3.63, 3.8) is 0 Å². The maximum Gasteiger partial charge on any atom is 0.325 e. The number of aromatic nitrogens is 1. The Morgan fingerprint density at radius 1 is 1.21 bits per heavy atom. The van der Waals surface area contributed by atoms with Gasteiger partial charge in [-0.3, -0.25) is 9.59 Å². The number of anilines is 1. The highest BCUT2D eigenvalue weighted by Crippen LogP contribution is 2.24. The Labute approximate surface area is 166 Å². The molecule has 0 radical (unpaired) electrons. The summed E-state index contributed by atoms with van der Waals surface area (Å²) in [5.74, 6) is 0.316. The molecule has 0 spiro atoms. The molecule has 6 nitrogen and oxygen atoms in total. The number of piperidine rings is 1. The molecule has 1 atom stereocenters. The van der Waals surface area contributed by atoms with Crippen molar-refractivity contribution in [3.05, 3.63) is 59.8 Å². The van der Waals surface area contributed by atoms with Crippen molar-refractivity contribution in [2.45, 2.75) is 26.3 Å². The Balaban J connectivity index is 1.76. The first kappa shape index (κ1) is 19.9. The van der Waals surface area contributed by atoms with Gasteiger partial charge in [-0.1, -0.05) is 30.3 Å². The highest BCUT2D eigenvalue weighted by atomic mass is 16.5. The number of nitrogens with zero attached hydrogens (tertiary/aromatic N) is 3. The Hall–Kier alpha value is -2.89. The molecule has 1 saturated heterocycles. The van der Waals surface area contributed by atoms with E-state index in [0.717, 1.165) is 36.3 Å². The molecule has 28 heavy (non-hydrogen) atoms. The summed E-state index contributed by atoms with van der Waals surface area (Å²) in [6.07, 6.45) is 3.50. The molecule has 1 aromatic heterocycles. The lowest BCUT2D eigenvalue weighted by Crippen LogP contribution is -2.46. The number of benzene rings is 1. The molecule has 0 bridgehead atoms. The summed E-state index contributed by atoms with van der Waals surface area (Å²) in [5, 5.41) is 0. The molecule has 1 aliphatic rings. The number of ether oxygens (including phenoxy) is 1. The number of esters is 1. The first-order chi connectivity index (χ1) is 13.6. The van der Waals surface area contributed by atoms with Crippen molar-refractivity contribution in [3.8, 4) is 0 Å². The van der Waals surface area contributed by atoms with Crippen molar-refractivity contribution in [1.82, 2.24) is 9.88 Å². The van der Waals surface area contributed by atoms with Gasteiger partial charge >= 0.3 is 5.97 Å². The molecule has 1 aromatic carbocycles. The minimum atomic E-state index is -0.403. The average Bonchev–Trinajstić information content (AvgIpc) is 2.75. The quantitative estimate of drug-likeness (QED) is 0.720. The predicted octanol–water partition coefficient (Wildman–Crippen LogP) is 2.81. The molecule has 1 aliphatic heterocycles. The van der Waals surface area contributed by atoms with Gasteiger partial charge < -0.3 is 14.5 Å². The van der Waals surface area contributed by atoms with Gasteiger partial charge in [-0.2, -0.15) is 0 Å². The number of carbonyl (C=O) groups is 2. The van der Waals surface area contributed by atoms with Crippen LogP contribution in [0.25, 0.3) is 0 Å². The highest BCUT2D eigenvalue weighted by molar-refractivity contribution is 5.84. The summed E-state index contributed by atoms with van der Waals surface area (Å²) in [6, 6.07) is 13.7. The molecule has 2 aromatic rings. The van der Waals surface area contributed by atoms with E-state index in [4.69, 9.17) is 4.74 Å². The molecule has 6 heteroatoms. The van der Waals surface area contributed by atoms with Crippen LogP contribution in [0.2, 0.25) is 0 Å². The maximum absolute atomic E-state index is 13.3. The van der Waals surface area contributed by atoms with E-state index in [1.165, 1.54) is 7.11 Å². The number of hydrogen-bond acceptors (Lipinski definition) is 5. The molecule has 0 saturated carbocycles. The van der Waals surface area contributed by atoms with Crippen LogP contribution in [0.5, 0.6) is 0 Å². The zero-order valence-electron chi connectivity index (χ0n) is 16.5. The van der Waals surface area contributed by atoms with E-state index in [9.17, 15) is 9.59 Å². The molecule has 2 heterocycles. The number of methoxy groups -OCH3 is 1. The first-order valence-electron chi connectivity index (χ1n) is 9.64. The smallest absolute Gasteiger partial charge is 0.325 e. The lowest BCUT2D eigenvalue weighted by Gasteiger charge is -2.35. The van der Waals surface area contributed by atoms with Crippen LogP contribution < -0.4 is 4.90 Å². The molecule has 148 valence electrons. The van der Waals surface area contributed by atoms with Gasteiger partial charge in [-0.05, 0) is 43.0 Å². The van der Waals surface area contributed by atoms with E-state index in [0.29, 0.717) is 13.1 Å². The van der Waals surface area contributed by atoms with Crippen molar-refractivity contribution in [2.24, 2.45) is 5.92 Å². The molecular formula is C22H27N3O3. The van der Waals surface area contributed by atoms with Crippen LogP contribution in [-0.4, -0.2) is 48.5 Å². The first-order valence-corrected chi connectivity index (χ1v) is 9.64. The Bertz CT molecular complexity index is 810. The van der Waals surface area contributed by atoms with Gasteiger partial charge in [0.15, 0.2) is 0 Å². The fraction of sp³-hybridized carbons (Fsp3) is 0.409. The van der Waals surface area contributed by atoms with Crippen molar-refractivity contribution in [1.29, 1.82) is 0 Å². The lowest BCUT2D eigenvalue weighted by atomic mass is 9.96. The summed E-state index contributed by atoms with van der Waals surface area (Å²) in [6.45, 7) is 3.88. The van der Waals surface area contributed by atoms with Crippen LogP contribution in [0, 0.1) is 12.8 Å². The Morgan fingerprint density at radius 3 is 2.71 bits per heavy atom. The highest BCUT2D eigenvalue weighted by Gasteiger charge is 2.31. The topological polar surface area (TPSA) is 62.7 Å². The zero-order valence-corrected chi connectivity index (χ0v) is 16.5. The second kappa shape index (κ2) is 9.35. The van der Waals surface area contributed by atoms with Gasteiger partial charge in [0.1, 0.15) is 12.4 Å². The molecule has 1 unspecified atom stereocenters. The Kier molecular flexibility index (Phi) is 6.63. The maximum atomic E-state index is 13.3.